The molecule has 82 valence electrons. The molecule has 0 atom stereocenters. The van der Waals surface area contributed by atoms with E-state index in [9.17, 15) is 4.79 Å². The number of halogens is 1. The van der Waals surface area contributed by atoms with Crippen molar-refractivity contribution in [2.75, 3.05) is 0 Å². The molecule has 1 aromatic carbocycles. The molecule has 16 heavy (non-hydrogen) atoms. The topological polar surface area (TPSA) is 42.2 Å². The van der Waals surface area contributed by atoms with E-state index in [1.54, 1.807) is 6.07 Å². The molecule has 0 aliphatic carbocycles. The summed E-state index contributed by atoms with van der Waals surface area (Å²) in [7, 11) is 0. The second-order valence-electron chi connectivity index (χ2n) is 3.27. The van der Waals surface area contributed by atoms with Crippen LogP contribution in [0.5, 0.6) is 0 Å². The lowest BCUT2D eigenvalue weighted by atomic mass is 10.2. The monoisotopic (exact) mass is 279 g/mol. The van der Waals surface area contributed by atoms with E-state index in [-0.39, 0.29) is 5.91 Å². The van der Waals surface area contributed by atoms with Gasteiger partial charge in [0.1, 0.15) is 0 Å². The van der Waals surface area contributed by atoms with E-state index in [4.69, 9.17) is 4.42 Å². The van der Waals surface area contributed by atoms with Crippen LogP contribution in [0.4, 0.5) is 0 Å². The molecule has 1 amide bonds. The van der Waals surface area contributed by atoms with Gasteiger partial charge in [-0.1, -0.05) is 30.3 Å². The van der Waals surface area contributed by atoms with E-state index in [1.807, 2.05) is 30.3 Å². The summed E-state index contributed by atoms with van der Waals surface area (Å²) in [4.78, 5) is 11.7. The lowest BCUT2D eigenvalue weighted by molar-refractivity contribution is 0.0922. The number of rotatable bonds is 3. The number of furan rings is 1. The molecule has 2 aromatic rings. The molecule has 0 aliphatic rings. The van der Waals surface area contributed by atoms with Crippen molar-refractivity contribution < 1.29 is 9.21 Å². The Balaban J connectivity index is 1.97. The van der Waals surface area contributed by atoms with Gasteiger partial charge in [0.25, 0.3) is 5.91 Å². The molecular formula is C12H10BrNO2. The van der Waals surface area contributed by atoms with Crippen molar-refractivity contribution in [3.63, 3.8) is 0 Å². The Morgan fingerprint density at radius 1 is 1.25 bits per heavy atom. The highest BCUT2D eigenvalue weighted by Crippen LogP contribution is 2.17. The summed E-state index contributed by atoms with van der Waals surface area (Å²) in [5, 5.41) is 2.78. The average molecular weight is 280 g/mol. The van der Waals surface area contributed by atoms with E-state index in [2.05, 4.69) is 21.2 Å². The summed E-state index contributed by atoms with van der Waals surface area (Å²) in [6.07, 6.45) is 1.47. The van der Waals surface area contributed by atoms with Crippen LogP contribution in [-0.2, 0) is 6.54 Å². The third-order valence-electron chi connectivity index (χ3n) is 2.12. The van der Waals surface area contributed by atoms with Gasteiger partial charge in [-0.15, -0.1) is 0 Å². The smallest absolute Gasteiger partial charge is 0.288 e. The fourth-order valence-electron chi connectivity index (χ4n) is 1.31. The van der Waals surface area contributed by atoms with Crippen molar-refractivity contribution >= 4 is 21.8 Å². The summed E-state index contributed by atoms with van der Waals surface area (Å²) < 4.78 is 5.72. The molecule has 0 bridgehead atoms. The number of nitrogens with one attached hydrogen (secondary N) is 1. The first kappa shape index (κ1) is 11.0. The Morgan fingerprint density at radius 3 is 2.62 bits per heavy atom. The van der Waals surface area contributed by atoms with Crippen molar-refractivity contribution in [3.05, 3.63) is 58.5 Å². The molecule has 0 spiro atoms. The van der Waals surface area contributed by atoms with E-state index < -0.39 is 0 Å². The average Bonchev–Trinajstić information content (AvgIpc) is 2.74. The van der Waals surface area contributed by atoms with Crippen LogP contribution in [0.1, 0.15) is 16.1 Å². The maximum Gasteiger partial charge on any atom is 0.288 e. The standard InChI is InChI=1S/C12H10BrNO2/c13-10-6-7-16-11(10)12(15)14-8-9-4-2-1-3-5-9/h1-7H,8H2,(H,14,15). The van der Waals surface area contributed by atoms with Crippen LogP contribution in [-0.4, -0.2) is 5.91 Å². The minimum absolute atomic E-state index is 0.222. The lowest BCUT2D eigenvalue weighted by Crippen LogP contribution is -2.22. The van der Waals surface area contributed by atoms with Crippen LogP contribution in [0.2, 0.25) is 0 Å². The Morgan fingerprint density at radius 2 is 2.00 bits per heavy atom. The fraction of sp³-hybridized carbons (Fsp3) is 0.0833. The summed E-state index contributed by atoms with van der Waals surface area (Å²) in [6.45, 7) is 0.493. The first-order valence-electron chi connectivity index (χ1n) is 4.82. The van der Waals surface area contributed by atoms with E-state index >= 15 is 0 Å². The highest BCUT2D eigenvalue weighted by Gasteiger charge is 2.12. The summed E-state index contributed by atoms with van der Waals surface area (Å²) >= 11 is 3.24. The number of amides is 1. The van der Waals surface area contributed by atoms with Gasteiger partial charge in [0.2, 0.25) is 5.76 Å². The van der Waals surface area contributed by atoms with Crippen LogP contribution in [0.15, 0.2) is 51.6 Å². The second kappa shape index (κ2) is 4.99. The molecule has 0 unspecified atom stereocenters. The highest BCUT2D eigenvalue weighted by atomic mass is 79.9. The molecule has 0 aliphatic heterocycles. The zero-order valence-corrected chi connectivity index (χ0v) is 10.0. The minimum Gasteiger partial charge on any atom is -0.458 e. The van der Waals surface area contributed by atoms with E-state index in [1.165, 1.54) is 6.26 Å². The van der Waals surface area contributed by atoms with Crippen molar-refractivity contribution in [2.24, 2.45) is 0 Å². The van der Waals surface area contributed by atoms with Crippen LogP contribution >= 0.6 is 15.9 Å². The van der Waals surface area contributed by atoms with Crippen LogP contribution in [0.3, 0.4) is 0 Å². The number of hydrogen-bond acceptors (Lipinski definition) is 2. The highest BCUT2D eigenvalue weighted by molar-refractivity contribution is 9.10. The molecule has 3 nitrogen and oxygen atoms in total. The quantitative estimate of drug-likeness (QED) is 0.939. The van der Waals surface area contributed by atoms with Gasteiger partial charge in [0, 0.05) is 6.54 Å². The fourth-order valence-corrected chi connectivity index (χ4v) is 1.70. The molecule has 0 saturated carbocycles. The van der Waals surface area contributed by atoms with Crippen LogP contribution in [0, 0.1) is 0 Å². The van der Waals surface area contributed by atoms with Gasteiger partial charge >= 0.3 is 0 Å². The largest absolute Gasteiger partial charge is 0.458 e. The summed E-state index contributed by atoms with van der Waals surface area (Å²) in [5.74, 6) is 0.0802. The molecule has 4 heteroatoms. The van der Waals surface area contributed by atoms with Gasteiger partial charge < -0.3 is 9.73 Å². The van der Waals surface area contributed by atoms with Crippen molar-refractivity contribution in [3.8, 4) is 0 Å². The lowest BCUT2D eigenvalue weighted by Gasteiger charge is -2.03. The molecule has 1 N–H and O–H groups in total. The van der Waals surface area contributed by atoms with E-state index in [0.717, 1.165) is 5.56 Å². The van der Waals surface area contributed by atoms with Crippen LogP contribution in [0.25, 0.3) is 0 Å². The summed E-state index contributed by atoms with van der Waals surface area (Å²) in [5.41, 5.74) is 1.05. The Kier molecular flexibility index (Phi) is 3.41. The molecule has 0 fully saturated rings. The number of carbonyl (C=O) groups is 1. The number of hydrogen-bond donors (Lipinski definition) is 1. The third-order valence-corrected chi connectivity index (χ3v) is 2.74. The predicted molar refractivity (Wildman–Crippen MR) is 64.0 cm³/mol. The zero-order valence-electron chi connectivity index (χ0n) is 8.44. The van der Waals surface area contributed by atoms with Gasteiger partial charge in [-0.05, 0) is 27.6 Å². The Hall–Kier alpha value is -1.55. The first-order valence-corrected chi connectivity index (χ1v) is 5.62. The van der Waals surface area contributed by atoms with Gasteiger partial charge in [-0.25, -0.2) is 0 Å². The second-order valence-corrected chi connectivity index (χ2v) is 4.12. The minimum atomic E-state index is -0.222. The molecule has 1 aromatic heterocycles. The Labute approximate surface area is 102 Å². The maximum atomic E-state index is 11.7. The van der Waals surface area contributed by atoms with E-state index in [0.29, 0.717) is 16.8 Å². The van der Waals surface area contributed by atoms with Crippen LogP contribution < -0.4 is 5.32 Å². The van der Waals surface area contributed by atoms with Gasteiger partial charge in [0.05, 0.1) is 10.7 Å². The van der Waals surface area contributed by atoms with Crippen molar-refractivity contribution in [2.45, 2.75) is 6.54 Å². The van der Waals surface area contributed by atoms with Gasteiger partial charge in [-0.2, -0.15) is 0 Å². The SMILES string of the molecule is O=C(NCc1ccccc1)c1occc1Br. The van der Waals surface area contributed by atoms with Crippen molar-refractivity contribution in [1.29, 1.82) is 0 Å². The Bertz CT molecular complexity index is 479. The number of carbonyl (C=O) groups excluding carboxylic acids is 1. The third kappa shape index (κ3) is 2.52. The predicted octanol–water partition coefficient (Wildman–Crippen LogP) is 2.97. The molecular weight excluding hydrogens is 270 g/mol. The van der Waals surface area contributed by atoms with Crippen molar-refractivity contribution in [1.82, 2.24) is 5.32 Å². The first-order chi connectivity index (χ1) is 7.77. The molecule has 0 saturated heterocycles. The van der Waals surface area contributed by atoms with Gasteiger partial charge in [-0.3, -0.25) is 4.79 Å². The van der Waals surface area contributed by atoms with Gasteiger partial charge in [0.15, 0.2) is 0 Å². The number of benzene rings is 1. The molecule has 1 heterocycles. The molecule has 0 radical (unpaired) electrons. The maximum absolute atomic E-state index is 11.7. The summed E-state index contributed by atoms with van der Waals surface area (Å²) in [6, 6.07) is 11.4. The zero-order chi connectivity index (χ0) is 11.4. The molecule has 2 rings (SSSR count). The normalized spacial score (nSPS) is 10.1.